The predicted octanol–water partition coefficient (Wildman–Crippen LogP) is 3.98. The highest BCUT2D eigenvalue weighted by Crippen LogP contribution is 2.33. The molecule has 7 nitrogen and oxygen atoms in total. The maximum atomic E-state index is 12.8. The summed E-state index contributed by atoms with van der Waals surface area (Å²) in [6.07, 6.45) is -2.03. The molecule has 0 unspecified atom stereocenters. The number of aromatic amines is 1. The van der Waals surface area contributed by atoms with E-state index in [0.29, 0.717) is 31.9 Å². The van der Waals surface area contributed by atoms with Crippen molar-refractivity contribution in [1.82, 2.24) is 20.1 Å². The summed E-state index contributed by atoms with van der Waals surface area (Å²) in [5, 5.41) is 10.5. The van der Waals surface area contributed by atoms with Gasteiger partial charge in [-0.1, -0.05) is 11.6 Å². The number of fused-ring (bicyclic) bond motifs is 1. The first kappa shape index (κ1) is 19.3. The number of alkyl halides is 3. The fourth-order valence-corrected chi connectivity index (χ4v) is 3.44. The number of benzene rings is 1. The van der Waals surface area contributed by atoms with E-state index in [4.69, 9.17) is 11.6 Å². The van der Waals surface area contributed by atoms with Crippen molar-refractivity contribution in [2.75, 3.05) is 36.4 Å². The van der Waals surface area contributed by atoms with Gasteiger partial charge < -0.3 is 15.1 Å². The number of aromatic nitrogens is 3. The number of urea groups is 1. The molecule has 1 fully saturated rings. The molecule has 3 aromatic rings. The minimum atomic E-state index is -4.49. The highest BCUT2D eigenvalue weighted by Gasteiger charge is 2.32. The molecule has 2 aromatic heterocycles. The van der Waals surface area contributed by atoms with Gasteiger partial charge >= 0.3 is 12.2 Å². The number of hydrogen-bond donors (Lipinski definition) is 2. The quantitative estimate of drug-likeness (QED) is 0.652. The van der Waals surface area contributed by atoms with Crippen molar-refractivity contribution in [2.45, 2.75) is 6.18 Å². The lowest BCUT2D eigenvalue weighted by Gasteiger charge is -2.35. The molecule has 0 radical (unpaired) electrons. The van der Waals surface area contributed by atoms with Crippen molar-refractivity contribution in [3.05, 3.63) is 47.2 Å². The van der Waals surface area contributed by atoms with E-state index in [0.717, 1.165) is 23.2 Å². The Morgan fingerprint density at radius 1 is 1.14 bits per heavy atom. The summed E-state index contributed by atoms with van der Waals surface area (Å²) < 4.78 is 38.3. The van der Waals surface area contributed by atoms with E-state index in [1.165, 1.54) is 0 Å². The Balaban J connectivity index is 1.38. The number of anilines is 2. The third-order valence-electron chi connectivity index (χ3n) is 4.71. The number of carbonyl (C=O) groups excluding carboxylic acids is 1. The van der Waals surface area contributed by atoms with Gasteiger partial charge in [-0.2, -0.15) is 18.3 Å². The molecule has 2 amide bonds. The minimum Gasteiger partial charge on any atom is -0.352 e. The fourth-order valence-electron chi connectivity index (χ4n) is 3.16. The monoisotopic (exact) mass is 424 g/mol. The molecule has 1 saturated heterocycles. The first-order valence-electron chi connectivity index (χ1n) is 8.78. The third-order valence-corrected chi connectivity index (χ3v) is 4.99. The molecule has 4 rings (SSSR count). The summed E-state index contributed by atoms with van der Waals surface area (Å²) in [7, 11) is 0. The molecule has 152 valence electrons. The largest absolute Gasteiger partial charge is 0.417 e. The van der Waals surface area contributed by atoms with Gasteiger partial charge in [-0.15, -0.1) is 0 Å². The number of nitrogens with one attached hydrogen (secondary N) is 2. The number of piperazine rings is 1. The summed E-state index contributed by atoms with van der Waals surface area (Å²) in [5.74, 6) is 0.282. The van der Waals surface area contributed by atoms with Gasteiger partial charge in [0.1, 0.15) is 5.82 Å². The smallest absolute Gasteiger partial charge is 0.352 e. The lowest BCUT2D eigenvalue weighted by atomic mass is 10.2. The first-order chi connectivity index (χ1) is 13.8. The average Bonchev–Trinajstić information content (AvgIpc) is 3.15. The van der Waals surface area contributed by atoms with Gasteiger partial charge in [0.2, 0.25) is 0 Å². The summed E-state index contributed by atoms with van der Waals surface area (Å²) >= 11 is 6.01. The maximum absolute atomic E-state index is 12.8. The number of pyridine rings is 1. The van der Waals surface area contributed by atoms with Crippen LogP contribution in [-0.4, -0.2) is 52.3 Å². The Morgan fingerprint density at radius 2 is 1.90 bits per heavy atom. The molecule has 1 aliphatic rings. The van der Waals surface area contributed by atoms with Crippen LogP contribution in [0.3, 0.4) is 0 Å². The molecule has 2 N–H and O–H groups in total. The van der Waals surface area contributed by atoms with Crippen LogP contribution in [0.15, 0.2) is 36.7 Å². The number of hydrogen-bond acceptors (Lipinski definition) is 4. The normalized spacial score (nSPS) is 15.0. The molecule has 1 aromatic carbocycles. The molecule has 29 heavy (non-hydrogen) atoms. The number of nitrogens with zero attached hydrogens (tertiary/aromatic N) is 4. The van der Waals surface area contributed by atoms with Crippen molar-refractivity contribution in [3.63, 3.8) is 0 Å². The Hall–Kier alpha value is -3.01. The van der Waals surface area contributed by atoms with Crippen molar-refractivity contribution in [3.8, 4) is 0 Å². The summed E-state index contributed by atoms with van der Waals surface area (Å²) in [4.78, 5) is 19.8. The SMILES string of the molecule is O=C(Nc1ccc2cn[nH]c2c1)N1CCN(c2ncc(C(F)(F)F)cc2Cl)CC1. The fraction of sp³-hybridized carbons (Fsp3) is 0.278. The van der Waals surface area contributed by atoms with Gasteiger partial charge in [-0.05, 0) is 24.3 Å². The Labute approximate surface area is 168 Å². The summed E-state index contributed by atoms with van der Waals surface area (Å²) in [6.45, 7) is 1.59. The molecular formula is C18H16ClF3N6O. The van der Waals surface area contributed by atoms with Crippen molar-refractivity contribution in [2.24, 2.45) is 0 Å². The molecular weight excluding hydrogens is 409 g/mol. The molecule has 0 spiro atoms. The van der Waals surface area contributed by atoms with Crippen LogP contribution in [0, 0.1) is 0 Å². The molecule has 3 heterocycles. The van der Waals surface area contributed by atoms with Crippen LogP contribution < -0.4 is 10.2 Å². The van der Waals surface area contributed by atoms with E-state index in [9.17, 15) is 18.0 Å². The second kappa shape index (κ2) is 7.43. The summed E-state index contributed by atoms with van der Waals surface area (Å²) in [5.41, 5.74) is 0.566. The van der Waals surface area contributed by atoms with Crippen molar-refractivity contribution < 1.29 is 18.0 Å². The van der Waals surface area contributed by atoms with E-state index in [2.05, 4.69) is 20.5 Å². The second-order valence-corrected chi connectivity index (χ2v) is 7.01. The van der Waals surface area contributed by atoms with Crippen LogP contribution in [0.1, 0.15) is 5.56 Å². The molecule has 0 atom stereocenters. The number of rotatable bonds is 2. The Morgan fingerprint density at radius 3 is 2.59 bits per heavy atom. The minimum absolute atomic E-state index is 0.0643. The number of halogens is 4. The molecule has 0 aliphatic carbocycles. The van der Waals surface area contributed by atoms with Gasteiger partial charge in [-0.3, -0.25) is 5.10 Å². The zero-order chi connectivity index (χ0) is 20.6. The van der Waals surface area contributed by atoms with Gasteiger partial charge in [0.25, 0.3) is 0 Å². The van der Waals surface area contributed by atoms with Gasteiger partial charge in [0.15, 0.2) is 0 Å². The zero-order valence-electron chi connectivity index (χ0n) is 15.0. The average molecular weight is 425 g/mol. The van der Waals surface area contributed by atoms with E-state index >= 15 is 0 Å². The van der Waals surface area contributed by atoms with Crippen molar-refractivity contribution >= 4 is 40.0 Å². The zero-order valence-corrected chi connectivity index (χ0v) is 15.8. The van der Waals surface area contributed by atoms with Crippen molar-refractivity contribution in [1.29, 1.82) is 0 Å². The molecule has 11 heteroatoms. The molecule has 1 aliphatic heterocycles. The van der Waals surface area contributed by atoms with Crippen LogP contribution >= 0.6 is 11.6 Å². The second-order valence-electron chi connectivity index (χ2n) is 6.60. The van der Waals surface area contributed by atoms with Crippen LogP contribution in [0.5, 0.6) is 0 Å². The first-order valence-corrected chi connectivity index (χ1v) is 9.16. The highest BCUT2D eigenvalue weighted by molar-refractivity contribution is 6.33. The van der Waals surface area contributed by atoms with Crippen LogP contribution in [-0.2, 0) is 6.18 Å². The topological polar surface area (TPSA) is 77.2 Å². The van der Waals surface area contributed by atoms with Gasteiger partial charge in [0.05, 0.1) is 22.3 Å². The Bertz CT molecular complexity index is 1050. The maximum Gasteiger partial charge on any atom is 0.417 e. The summed E-state index contributed by atoms with van der Waals surface area (Å²) in [6, 6.07) is 6.05. The third kappa shape index (κ3) is 4.07. The van der Waals surface area contributed by atoms with Crippen LogP contribution in [0.4, 0.5) is 29.5 Å². The van der Waals surface area contributed by atoms with Gasteiger partial charge in [-0.25, -0.2) is 9.78 Å². The lowest BCUT2D eigenvalue weighted by molar-refractivity contribution is -0.137. The van der Waals surface area contributed by atoms with Gasteiger partial charge in [0, 0.05) is 43.4 Å². The number of H-pyrrole nitrogens is 1. The molecule has 0 bridgehead atoms. The number of amides is 2. The molecule has 0 saturated carbocycles. The highest BCUT2D eigenvalue weighted by atomic mass is 35.5. The Kier molecular flexibility index (Phi) is 4.95. The standard InChI is InChI=1S/C18H16ClF3N6O/c19-14-7-12(18(20,21)22)10-23-16(14)27-3-5-28(6-4-27)17(29)25-13-2-1-11-9-24-26-15(11)8-13/h1-2,7-10H,3-6H2,(H,24,26)(H,25,29). The lowest BCUT2D eigenvalue weighted by Crippen LogP contribution is -2.50. The van der Waals surface area contributed by atoms with E-state index in [-0.39, 0.29) is 16.9 Å². The predicted molar refractivity (Wildman–Crippen MR) is 103 cm³/mol. The van der Waals surface area contributed by atoms with Crippen LogP contribution in [0.25, 0.3) is 10.9 Å². The van der Waals surface area contributed by atoms with E-state index in [1.54, 1.807) is 28.1 Å². The van der Waals surface area contributed by atoms with E-state index in [1.807, 2.05) is 6.07 Å². The van der Waals surface area contributed by atoms with E-state index < -0.39 is 11.7 Å². The number of carbonyl (C=O) groups is 1. The van der Waals surface area contributed by atoms with Crippen LogP contribution in [0.2, 0.25) is 5.02 Å².